The van der Waals surface area contributed by atoms with Crippen LogP contribution in [0.2, 0.25) is 0 Å². The molecule has 3 aliphatic heterocycles. The van der Waals surface area contributed by atoms with Gasteiger partial charge in [-0.05, 0) is 56.0 Å². The largest absolute Gasteiger partial charge is 0.486 e. The number of rotatable bonds is 6. The number of nitrogens with zero attached hydrogens (tertiary/aromatic N) is 2. The van der Waals surface area contributed by atoms with Gasteiger partial charge in [0.05, 0.1) is 6.54 Å². The summed E-state index contributed by atoms with van der Waals surface area (Å²) >= 11 is 0. The number of ether oxygens (including phenoxy) is 3. The van der Waals surface area contributed by atoms with Crippen LogP contribution in [-0.2, 0) is 9.53 Å². The van der Waals surface area contributed by atoms with E-state index in [9.17, 15) is 4.79 Å². The van der Waals surface area contributed by atoms with Crippen molar-refractivity contribution in [3.63, 3.8) is 0 Å². The van der Waals surface area contributed by atoms with Crippen molar-refractivity contribution < 1.29 is 19.0 Å². The second kappa shape index (κ2) is 9.92. The third kappa shape index (κ3) is 5.08. The SMILES string of the molecule is O=C1COC(c2ccccc2)CN1CCC1CCN(CC2COc3ccccc3O2)CC1. The number of carbonyl (C=O) groups is 1. The molecule has 3 aliphatic rings. The summed E-state index contributed by atoms with van der Waals surface area (Å²) in [5.74, 6) is 2.47. The van der Waals surface area contributed by atoms with E-state index in [1.807, 2.05) is 47.4 Å². The number of fused-ring (bicyclic) bond motifs is 1. The van der Waals surface area contributed by atoms with Gasteiger partial charge in [0, 0.05) is 13.1 Å². The van der Waals surface area contributed by atoms with Crippen LogP contribution in [-0.4, -0.2) is 67.7 Å². The van der Waals surface area contributed by atoms with E-state index >= 15 is 0 Å². The standard InChI is InChI=1S/C26H32N2O4/c29-26-19-31-25(21-6-2-1-3-7-21)17-28(26)15-12-20-10-13-27(14-11-20)16-22-18-30-23-8-4-5-9-24(23)32-22/h1-9,20,22,25H,10-19H2. The molecule has 1 amide bonds. The lowest BCUT2D eigenvalue weighted by atomic mass is 9.93. The zero-order valence-electron chi connectivity index (χ0n) is 18.5. The Balaban J connectivity index is 1.05. The minimum Gasteiger partial charge on any atom is -0.486 e. The van der Waals surface area contributed by atoms with Crippen LogP contribution in [0.1, 0.15) is 30.9 Å². The van der Waals surface area contributed by atoms with Crippen molar-refractivity contribution >= 4 is 5.91 Å². The molecule has 170 valence electrons. The minimum atomic E-state index is -0.0152. The molecule has 3 heterocycles. The fourth-order valence-corrected chi connectivity index (χ4v) is 4.94. The third-order valence-corrected chi connectivity index (χ3v) is 6.86. The van der Waals surface area contributed by atoms with Crippen molar-refractivity contribution in [3.05, 3.63) is 60.2 Å². The van der Waals surface area contributed by atoms with E-state index in [0.29, 0.717) is 19.1 Å². The van der Waals surface area contributed by atoms with Crippen LogP contribution in [0.5, 0.6) is 11.5 Å². The zero-order chi connectivity index (χ0) is 21.8. The minimum absolute atomic E-state index is 0.0152. The predicted molar refractivity (Wildman–Crippen MR) is 122 cm³/mol. The second-order valence-corrected chi connectivity index (χ2v) is 9.08. The highest BCUT2D eigenvalue weighted by molar-refractivity contribution is 5.78. The first-order valence-corrected chi connectivity index (χ1v) is 11.8. The molecule has 32 heavy (non-hydrogen) atoms. The van der Waals surface area contributed by atoms with Crippen LogP contribution in [0, 0.1) is 5.92 Å². The van der Waals surface area contributed by atoms with Gasteiger partial charge in [-0.2, -0.15) is 0 Å². The Hall–Kier alpha value is -2.57. The van der Waals surface area contributed by atoms with Gasteiger partial charge in [-0.25, -0.2) is 0 Å². The lowest BCUT2D eigenvalue weighted by molar-refractivity contribution is -0.149. The van der Waals surface area contributed by atoms with Crippen LogP contribution in [0.25, 0.3) is 0 Å². The smallest absolute Gasteiger partial charge is 0.248 e. The average molecular weight is 437 g/mol. The number of likely N-dealkylation sites (tertiary alicyclic amines) is 1. The first-order chi connectivity index (χ1) is 15.7. The molecule has 6 heteroatoms. The fourth-order valence-electron chi connectivity index (χ4n) is 4.94. The Morgan fingerprint density at radius 1 is 0.938 bits per heavy atom. The molecule has 2 aromatic rings. The average Bonchev–Trinajstić information content (AvgIpc) is 2.85. The van der Waals surface area contributed by atoms with Gasteiger partial charge in [0.15, 0.2) is 11.5 Å². The molecule has 2 saturated heterocycles. The number of piperidine rings is 1. The van der Waals surface area contributed by atoms with Gasteiger partial charge in [-0.1, -0.05) is 42.5 Å². The quantitative estimate of drug-likeness (QED) is 0.694. The summed E-state index contributed by atoms with van der Waals surface area (Å²) < 4.78 is 17.8. The maximum Gasteiger partial charge on any atom is 0.248 e. The van der Waals surface area contributed by atoms with Gasteiger partial charge in [0.1, 0.15) is 25.4 Å². The highest BCUT2D eigenvalue weighted by atomic mass is 16.6. The fraction of sp³-hybridized carbons (Fsp3) is 0.500. The van der Waals surface area contributed by atoms with Gasteiger partial charge < -0.3 is 19.1 Å². The van der Waals surface area contributed by atoms with Gasteiger partial charge >= 0.3 is 0 Å². The first kappa shape index (κ1) is 21.3. The number of hydrogen-bond acceptors (Lipinski definition) is 5. The molecular weight excluding hydrogens is 404 g/mol. The number of benzene rings is 2. The number of para-hydroxylation sites is 2. The van der Waals surface area contributed by atoms with Crippen LogP contribution < -0.4 is 9.47 Å². The molecule has 0 aromatic heterocycles. The molecule has 5 rings (SSSR count). The molecule has 2 fully saturated rings. The molecule has 6 nitrogen and oxygen atoms in total. The molecule has 0 spiro atoms. The first-order valence-electron chi connectivity index (χ1n) is 11.8. The summed E-state index contributed by atoms with van der Waals surface area (Å²) in [7, 11) is 0. The van der Waals surface area contributed by atoms with Crippen LogP contribution in [0.4, 0.5) is 0 Å². The third-order valence-electron chi connectivity index (χ3n) is 6.86. The maximum atomic E-state index is 12.4. The molecule has 2 atom stereocenters. The van der Waals surface area contributed by atoms with Crippen LogP contribution in [0.15, 0.2) is 54.6 Å². The molecule has 0 aliphatic carbocycles. The van der Waals surface area contributed by atoms with Crippen molar-refractivity contribution in [2.24, 2.45) is 5.92 Å². The number of carbonyl (C=O) groups excluding carboxylic acids is 1. The molecule has 2 aromatic carbocycles. The summed E-state index contributed by atoms with van der Waals surface area (Å²) in [4.78, 5) is 16.9. The van der Waals surface area contributed by atoms with Crippen LogP contribution >= 0.6 is 0 Å². The molecule has 0 bridgehead atoms. The van der Waals surface area contributed by atoms with E-state index in [1.165, 1.54) is 12.8 Å². The van der Waals surface area contributed by atoms with Gasteiger partial charge in [-0.3, -0.25) is 9.69 Å². The Morgan fingerprint density at radius 2 is 1.69 bits per heavy atom. The Morgan fingerprint density at radius 3 is 2.50 bits per heavy atom. The van der Waals surface area contributed by atoms with Crippen molar-refractivity contribution in [2.45, 2.75) is 31.5 Å². The predicted octanol–water partition coefficient (Wildman–Crippen LogP) is 3.53. The van der Waals surface area contributed by atoms with Crippen molar-refractivity contribution in [1.29, 1.82) is 0 Å². The number of hydrogen-bond donors (Lipinski definition) is 0. The van der Waals surface area contributed by atoms with Gasteiger partial charge in [-0.15, -0.1) is 0 Å². The van der Waals surface area contributed by atoms with E-state index in [2.05, 4.69) is 17.0 Å². The summed E-state index contributed by atoms with van der Waals surface area (Å²) in [5, 5.41) is 0. The van der Waals surface area contributed by atoms with E-state index in [-0.39, 0.29) is 24.7 Å². The summed E-state index contributed by atoms with van der Waals surface area (Å²) in [6.45, 7) is 5.34. The van der Waals surface area contributed by atoms with E-state index in [1.54, 1.807) is 0 Å². The molecular formula is C26H32N2O4. The molecule has 0 N–H and O–H groups in total. The lowest BCUT2D eigenvalue weighted by Crippen LogP contribution is -2.45. The molecule has 2 unspecified atom stereocenters. The highest BCUT2D eigenvalue weighted by Crippen LogP contribution is 2.31. The Bertz CT molecular complexity index is 898. The number of morpholine rings is 1. The number of amides is 1. The van der Waals surface area contributed by atoms with E-state index in [4.69, 9.17) is 14.2 Å². The van der Waals surface area contributed by atoms with Gasteiger partial charge in [0.2, 0.25) is 5.91 Å². The van der Waals surface area contributed by atoms with Gasteiger partial charge in [0.25, 0.3) is 0 Å². The Kier molecular flexibility index (Phi) is 6.60. The van der Waals surface area contributed by atoms with Crippen molar-refractivity contribution in [2.75, 3.05) is 45.9 Å². The lowest BCUT2D eigenvalue weighted by Gasteiger charge is -2.37. The maximum absolute atomic E-state index is 12.4. The zero-order valence-corrected chi connectivity index (χ0v) is 18.5. The molecule has 0 radical (unpaired) electrons. The molecule has 0 saturated carbocycles. The normalized spacial score (nSPS) is 24.5. The van der Waals surface area contributed by atoms with E-state index < -0.39 is 0 Å². The monoisotopic (exact) mass is 436 g/mol. The topological polar surface area (TPSA) is 51.2 Å². The summed E-state index contributed by atoms with van der Waals surface area (Å²) in [5.41, 5.74) is 1.15. The van der Waals surface area contributed by atoms with E-state index in [0.717, 1.165) is 49.7 Å². The van der Waals surface area contributed by atoms with Crippen LogP contribution in [0.3, 0.4) is 0 Å². The second-order valence-electron chi connectivity index (χ2n) is 9.08. The summed E-state index contributed by atoms with van der Waals surface area (Å²) in [6, 6.07) is 18.1. The van der Waals surface area contributed by atoms with Crippen molar-refractivity contribution in [3.8, 4) is 11.5 Å². The summed E-state index contributed by atoms with van der Waals surface area (Å²) in [6.07, 6.45) is 3.48. The van der Waals surface area contributed by atoms with Crippen molar-refractivity contribution in [1.82, 2.24) is 9.80 Å². The Labute approximate surface area is 190 Å². The highest BCUT2D eigenvalue weighted by Gasteiger charge is 2.29.